The molecule has 1 aromatic rings. The average Bonchev–Trinajstić information content (AvgIpc) is 2.49. The number of carbonyl (C=O) groups is 1. The van der Waals surface area contributed by atoms with Crippen LogP contribution in [0.15, 0.2) is 18.3 Å². The molecule has 1 aromatic heterocycles. The van der Waals surface area contributed by atoms with Crippen LogP contribution in [0.5, 0.6) is 0 Å². The normalized spacial score (nSPS) is 16.8. The largest absolute Gasteiger partial charge is 0.378 e. The van der Waals surface area contributed by atoms with Gasteiger partial charge in [-0.15, -0.1) is 0 Å². The Labute approximate surface area is 119 Å². The first kappa shape index (κ1) is 14.7. The molecule has 0 aliphatic carbocycles. The van der Waals surface area contributed by atoms with Gasteiger partial charge in [0.1, 0.15) is 5.82 Å². The molecule has 1 fully saturated rings. The number of nitrogens with zero attached hydrogens (tertiary/aromatic N) is 2. The third kappa shape index (κ3) is 3.91. The van der Waals surface area contributed by atoms with Crippen LogP contribution in [0.2, 0.25) is 0 Å². The van der Waals surface area contributed by atoms with Crippen LogP contribution in [0.25, 0.3) is 0 Å². The number of nitrogens with one attached hydrogen (secondary N) is 1. The van der Waals surface area contributed by atoms with Crippen molar-refractivity contribution >= 4 is 17.4 Å². The monoisotopic (exact) mass is 278 g/mol. The topological polar surface area (TPSA) is 80.5 Å². The Hall–Kier alpha value is -1.66. The molecule has 0 saturated carbocycles. The highest BCUT2D eigenvalue weighted by Gasteiger charge is 2.14. The summed E-state index contributed by atoms with van der Waals surface area (Å²) >= 11 is 0. The van der Waals surface area contributed by atoms with Crippen LogP contribution in [0.3, 0.4) is 0 Å². The zero-order valence-electron chi connectivity index (χ0n) is 11.8. The van der Waals surface area contributed by atoms with E-state index in [9.17, 15) is 4.79 Å². The molecule has 2 heterocycles. The van der Waals surface area contributed by atoms with Gasteiger partial charge in [0.2, 0.25) is 5.91 Å². The summed E-state index contributed by atoms with van der Waals surface area (Å²) in [5.41, 5.74) is 6.45. The molecular weight excluding hydrogens is 256 g/mol. The van der Waals surface area contributed by atoms with Gasteiger partial charge in [0, 0.05) is 13.1 Å². The molecule has 1 saturated heterocycles. The van der Waals surface area contributed by atoms with Crippen LogP contribution in [0.1, 0.15) is 19.8 Å². The molecule has 20 heavy (non-hydrogen) atoms. The number of aromatic nitrogens is 1. The van der Waals surface area contributed by atoms with E-state index in [-0.39, 0.29) is 5.91 Å². The van der Waals surface area contributed by atoms with Crippen molar-refractivity contribution in [3.63, 3.8) is 0 Å². The first-order chi connectivity index (χ1) is 9.70. The molecule has 1 aliphatic heterocycles. The SMILES string of the molecule is CCC[C@@H](N)C(=O)Nc1ccc(N2CCOCC2)nc1. The van der Waals surface area contributed by atoms with Gasteiger partial charge in [0.25, 0.3) is 0 Å². The van der Waals surface area contributed by atoms with Crippen LogP contribution >= 0.6 is 0 Å². The van der Waals surface area contributed by atoms with Crippen molar-refractivity contribution in [1.29, 1.82) is 0 Å². The maximum absolute atomic E-state index is 11.8. The zero-order valence-corrected chi connectivity index (χ0v) is 11.8. The summed E-state index contributed by atoms with van der Waals surface area (Å²) in [5.74, 6) is 0.747. The second-order valence-corrected chi connectivity index (χ2v) is 4.89. The predicted octanol–water partition coefficient (Wildman–Crippen LogP) is 0.984. The molecular formula is C14H22N4O2. The van der Waals surface area contributed by atoms with Gasteiger partial charge in [0.15, 0.2) is 0 Å². The van der Waals surface area contributed by atoms with Crippen molar-refractivity contribution in [1.82, 2.24) is 4.98 Å². The predicted molar refractivity (Wildman–Crippen MR) is 78.8 cm³/mol. The summed E-state index contributed by atoms with van der Waals surface area (Å²) in [6.07, 6.45) is 3.25. The molecule has 6 heteroatoms. The Morgan fingerprint density at radius 2 is 2.25 bits per heavy atom. The van der Waals surface area contributed by atoms with E-state index in [1.807, 2.05) is 19.1 Å². The maximum Gasteiger partial charge on any atom is 0.241 e. The zero-order chi connectivity index (χ0) is 14.4. The van der Waals surface area contributed by atoms with E-state index in [1.54, 1.807) is 6.20 Å². The lowest BCUT2D eigenvalue weighted by Gasteiger charge is -2.27. The molecule has 2 rings (SSSR count). The minimum absolute atomic E-state index is 0.159. The number of ether oxygens (including phenoxy) is 1. The van der Waals surface area contributed by atoms with Gasteiger partial charge in [-0.05, 0) is 18.6 Å². The number of rotatable bonds is 5. The lowest BCUT2D eigenvalue weighted by Crippen LogP contribution is -2.37. The molecule has 0 spiro atoms. The van der Waals surface area contributed by atoms with E-state index in [0.717, 1.165) is 38.5 Å². The van der Waals surface area contributed by atoms with Crippen molar-refractivity contribution in [2.75, 3.05) is 36.5 Å². The number of hydrogen-bond donors (Lipinski definition) is 2. The van der Waals surface area contributed by atoms with Gasteiger partial charge in [0.05, 0.1) is 31.1 Å². The Morgan fingerprint density at radius 1 is 1.50 bits per heavy atom. The van der Waals surface area contributed by atoms with Crippen molar-refractivity contribution < 1.29 is 9.53 Å². The van der Waals surface area contributed by atoms with Crippen LogP contribution in [0, 0.1) is 0 Å². The van der Waals surface area contributed by atoms with E-state index in [4.69, 9.17) is 10.5 Å². The van der Waals surface area contributed by atoms with Crippen LogP contribution < -0.4 is 16.0 Å². The molecule has 1 aliphatic rings. The molecule has 110 valence electrons. The summed E-state index contributed by atoms with van der Waals surface area (Å²) in [4.78, 5) is 18.3. The maximum atomic E-state index is 11.8. The minimum Gasteiger partial charge on any atom is -0.378 e. The highest BCUT2D eigenvalue weighted by Crippen LogP contribution is 2.15. The number of nitrogens with two attached hydrogens (primary N) is 1. The summed E-state index contributed by atoms with van der Waals surface area (Å²) in [6.45, 7) is 5.16. The van der Waals surface area contributed by atoms with Crippen molar-refractivity contribution in [3.05, 3.63) is 18.3 Å². The first-order valence-electron chi connectivity index (χ1n) is 7.06. The molecule has 0 bridgehead atoms. The Morgan fingerprint density at radius 3 is 2.85 bits per heavy atom. The molecule has 3 N–H and O–H groups in total. The highest BCUT2D eigenvalue weighted by atomic mass is 16.5. The van der Waals surface area contributed by atoms with Crippen molar-refractivity contribution in [3.8, 4) is 0 Å². The standard InChI is InChI=1S/C14H22N4O2/c1-2-3-12(15)14(19)17-11-4-5-13(16-10-11)18-6-8-20-9-7-18/h4-5,10,12H,2-3,6-9,15H2,1H3,(H,17,19)/t12-/m1/s1. The molecule has 1 amide bonds. The third-order valence-electron chi connectivity index (χ3n) is 3.29. The molecule has 0 radical (unpaired) electrons. The average molecular weight is 278 g/mol. The Kier molecular flexibility index (Phi) is 5.31. The van der Waals surface area contributed by atoms with Gasteiger partial charge in [-0.1, -0.05) is 13.3 Å². The molecule has 6 nitrogen and oxygen atoms in total. The number of amides is 1. The Bertz CT molecular complexity index is 429. The summed E-state index contributed by atoms with van der Waals surface area (Å²) in [7, 11) is 0. The van der Waals surface area contributed by atoms with E-state index < -0.39 is 6.04 Å². The smallest absolute Gasteiger partial charge is 0.241 e. The molecule has 0 aromatic carbocycles. The van der Waals surface area contributed by atoms with E-state index in [1.165, 1.54) is 0 Å². The second kappa shape index (κ2) is 7.21. The summed E-state index contributed by atoms with van der Waals surface area (Å²) < 4.78 is 5.31. The lowest BCUT2D eigenvalue weighted by molar-refractivity contribution is -0.117. The fourth-order valence-corrected chi connectivity index (χ4v) is 2.12. The molecule has 1 atom stereocenters. The summed E-state index contributed by atoms with van der Waals surface area (Å²) in [5, 5.41) is 2.79. The number of anilines is 2. The third-order valence-corrected chi connectivity index (χ3v) is 3.29. The number of carbonyl (C=O) groups excluding carboxylic acids is 1. The van der Waals surface area contributed by atoms with E-state index >= 15 is 0 Å². The number of hydrogen-bond acceptors (Lipinski definition) is 5. The van der Waals surface area contributed by atoms with Gasteiger partial charge in [-0.2, -0.15) is 0 Å². The van der Waals surface area contributed by atoms with Gasteiger partial charge < -0.3 is 20.7 Å². The highest BCUT2D eigenvalue weighted by molar-refractivity contribution is 5.94. The van der Waals surface area contributed by atoms with Crippen molar-refractivity contribution in [2.24, 2.45) is 5.73 Å². The number of morpholine rings is 1. The van der Waals surface area contributed by atoms with Gasteiger partial charge in [-0.25, -0.2) is 4.98 Å². The van der Waals surface area contributed by atoms with Crippen molar-refractivity contribution in [2.45, 2.75) is 25.8 Å². The van der Waals surface area contributed by atoms with Crippen LogP contribution in [0.4, 0.5) is 11.5 Å². The minimum atomic E-state index is -0.459. The fourth-order valence-electron chi connectivity index (χ4n) is 2.12. The van der Waals surface area contributed by atoms with E-state index in [0.29, 0.717) is 12.1 Å². The second-order valence-electron chi connectivity index (χ2n) is 4.89. The quantitative estimate of drug-likeness (QED) is 0.839. The van der Waals surface area contributed by atoms with Crippen LogP contribution in [-0.4, -0.2) is 43.2 Å². The van der Waals surface area contributed by atoms with E-state index in [2.05, 4.69) is 15.2 Å². The van der Waals surface area contributed by atoms with Crippen LogP contribution in [-0.2, 0) is 9.53 Å². The first-order valence-corrected chi connectivity index (χ1v) is 7.06. The fraction of sp³-hybridized carbons (Fsp3) is 0.571. The molecule has 0 unspecified atom stereocenters. The number of pyridine rings is 1. The summed E-state index contributed by atoms with van der Waals surface area (Å²) in [6, 6.07) is 3.31. The lowest BCUT2D eigenvalue weighted by atomic mass is 10.1. The van der Waals surface area contributed by atoms with Gasteiger partial charge >= 0.3 is 0 Å². The van der Waals surface area contributed by atoms with Gasteiger partial charge in [-0.3, -0.25) is 4.79 Å². The Balaban J connectivity index is 1.92.